The van der Waals surface area contributed by atoms with Crippen LogP contribution < -0.4 is 14.8 Å². The molecule has 2 heterocycles. The van der Waals surface area contributed by atoms with Crippen LogP contribution in [0.25, 0.3) is 0 Å². The molecule has 0 saturated carbocycles. The largest absolute Gasteiger partial charge is 0.486 e. The number of nitrogens with one attached hydrogen (secondary N) is 1. The van der Waals surface area contributed by atoms with Crippen molar-refractivity contribution in [3.8, 4) is 11.5 Å². The number of carbonyl (C=O) groups is 1. The summed E-state index contributed by atoms with van der Waals surface area (Å²) in [7, 11) is 0. The van der Waals surface area contributed by atoms with Crippen molar-refractivity contribution in [1.82, 2.24) is 10.2 Å². The third kappa shape index (κ3) is 3.28. The molecule has 0 bridgehead atoms. The van der Waals surface area contributed by atoms with E-state index in [2.05, 4.69) is 40.5 Å². The van der Waals surface area contributed by atoms with E-state index in [0.717, 1.165) is 43.0 Å². The number of benzene rings is 2. The van der Waals surface area contributed by atoms with Crippen molar-refractivity contribution in [1.29, 1.82) is 0 Å². The van der Waals surface area contributed by atoms with Crippen LogP contribution in [0.15, 0.2) is 42.5 Å². The van der Waals surface area contributed by atoms with Gasteiger partial charge in [0, 0.05) is 31.6 Å². The van der Waals surface area contributed by atoms with Gasteiger partial charge >= 0.3 is 0 Å². The van der Waals surface area contributed by atoms with Crippen LogP contribution in [0.4, 0.5) is 0 Å². The molecule has 5 nitrogen and oxygen atoms in total. The van der Waals surface area contributed by atoms with Gasteiger partial charge in [0.05, 0.1) is 0 Å². The van der Waals surface area contributed by atoms with Crippen LogP contribution in [0, 0.1) is 0 Å². The Balaban J connectivity index is 1.19. The standard InChI is InChI=1S/C22H24N2O3/c25-22-12-18(14-24(22)19-10-16-3-1-2-4-17(16)11-19)23-13-15-5-6-20-21(9-15)27-8-7-26-20/h1-6,9,18-19,23H,7-8,10-14H2. The maximum Gasteiger partial charge on any atom is 0.224 e. The number of amides is 1. The Morgan fingerprint density at radius 1 is 0.963 bits per heavy atom. The summed E-state index contributed by atoms with van der Waals surface area (Å²) < 4.78 is 11.2. The molecular formula is C22H24N2O3. The number of likely N-dealkylation sites (tertiary alicyclic amines) is 1. The van der Waals surface area contributed by atoms with Crippen LogP contribution in [-0.2, 0) is 24.2 Å². The molecule has 5 heteroatoms. The van der Waals surface area contributed by atoms with Crippen LogP contribution in [0.5, 0.6) is 11.5 Å². The fourth-order valence-electron chi connectivity index (χ4n) is 4.44. The van der Waals surface area contributed by atoms with E-state index < -0.39 is 0 Å². The average molecular weight is 364 g/mol. The zero-order chi connectivity index (χ0) is 18.2. The van der Waals surface area contributed by atoms with Gasteiger partial charge in [-0.3, -0.25) is 4.79 Å². The lowest BCUT2D eigenvalue weighted by molar-refractivity contribution is -0.129. The van der Waals surface area contributed by atoms with E-state index in [1.54, 1.807) is 0 Å². The zero-order valence-corrected chi connectivity index (χ0v) is 15.3. The quantitative estimate of drug-likeness (QED) is 0.905. The van der Waals surface area contributed by atoms with Crippen LogP contribution >= 0.6 is 0 Å². The number of hydrogen-bond acceptors (Lipinski definition) is 4. The number of fused-ring (bicyclic) bond motifs is 2. The normalized spacial score (nSPS) is 21.6. The van der Waals surface area contributed by atoms with Gasteiger partial charge in [-0.2, -0.15) is 0 Å². The lowest BCUT2D eigenvalue weighted by Gasteiger charge is -2.24. The van der Waals surface area contributed by atoms with Gasteiger partial charge in [0.25, 0.3) is 0 Å². The van der Waals surface area contributed by atoms with Crippen LogP contribution in [0.1, 0.15) is 23.1 Å². The summed E-state index contributed by atoms with van der Waals surface area (Å²) in [5.74, 6) is 1.90. The molecule has 1 amide bonds. The Morgan fingerprint density at radius 3 is 2.48 bits per heavy atom. The first-order valence-electron chi connectivity index (χ1n) is 9.74. The minimum atomic E-state index is 0.203. The Labute approximate surface area is 159 Å². The molecule has 0 radical (unpaired) electrons. The number of rotatable bonds is 4. The van der Waals surface area contributed by atoms with Crippen LogP contribution in [-0.4, -0.2) is 42.6 Å². The van der Waals surface area contributed by atoms with Gasteiger partial charge in [0.15, 0.2) is 11.5 Å². The first kappa shape index (κ1) is 16.6. The highest BCUT2D eigenvalue weighted by atomic mass is 16.6. The van der Waals surface area contributed by atoms with Gasteiger partial charge in [-0.15, -0.1) is 0 Å². The summed E-state index contributed by atoms with van der Waals surface area (Å²) in [6, 6.07) is 15.1. The molecule has 1 aliphatic carbocycles. The second kappa shape index (κ2) is 6.89. The van der Waals surface area contributed by atoms with Crippen molar-refractivity contribution in [2.45, 2.75) is 37.9 Å². The van der Waals surface area contributed by atoms with Crippen LogP contribution in [0.3, 0.4) is 0 Å². The third-order valence-corrected chi connectivity index (χ3v) is 5.83. The Bertz CT molecular complexity index is 841. The highest BCUT2D eigenvalue weighted by molar-refractivity contribution is 5.80. The van der Waals surface area contributed by atoms with Crippen LogP contribution in [0.2, 0.25) is 0 Å². The molecule has 5 rings (SSSR count). The summed E-state index contributed by atoms with van der Waals surface area (Å²) in [4.78, 5) is 14.7. The van der Waals surface area contributed by atoms with Crippen molar-refractivity contribution >= 4 is 5.91 Å². The molecule has 1 unspecified atom stereocenters. The van der Waals surface area contributed by atoms with Gasteiger partial charge in [-0.1, -0.05) is 30.3 Å². The topological polar surface area (TPSA) is 50.8 Å². The average Bonchev–Trinajstić information content (AvgIpc) is 3.29. The smallest absolute Gasteiger partial charge is 0.224 e. The minimum Gasteiger partial charge on any atom is -0.486 e. The second-order valence-electron chi connectivity index (χ2n) is 7.64. The lowest BCUT2D eigenvalue weighted by atomic mass is 10.1. The van der Waals surface area contributed by atoms with Crippen molar-refractivity contribution < 1.29 is 14.3 Å². The molecule has 2 aromatic carbocycles. The molecule has 1 fully saturated rings. The molecule has 1 atom stereocenters. The molecule has 140 valence electrons. The van der Waals surface area contributed by atoms with Gasteiger partial charge in [0.1, 0.15) is 13.2 Å². The predicted molar refractivity (Wildman–Crippen MR) is 102 cm³/mol. The molecule has 3 aliphatic rings. The van der Waals surface area contributed by atoms with Crippen molar-refractivity contribution in [3.63, 3.8) is 0 Å². The molecule has 2 aliphatic heterocycles. The van der Waals surface area contributed by atoms with E-state index in [1.165, 1.54) is 11.1 Å². The number of nitrogens with zero attached hydrogens (tertiary/aromatic N) is 1. The van der Waals surface area contributed by atoms with Gasteiger partial charge < -0.3 is 19.7 Å². The molecule has 1 saturated heterocycles. The molecule has 2 aromatic rings. The fourth-order valence-corrected chi connectivity index (χ4v) is 4.44. The number of ether oxygens (including phenoxy) is 2. The predicted octanol–water partition coefficient (Wildman–Crippen LogP) is 2.32. The number of hydrogen-bond donors (Lipinski definition) is 1. The fraction of sp³-hybridized carbons (Fsp3) is 0.409. The highest BCUT2D eigenvalue weighted by Crippen LogP contribution is 2.31. The molecule has 0 aromatic heterocycles. The monoisotopic (exact) mass is 364 g/mol. The van der Waals surface area contributed by atoms with E-state index in [9.17, 15) is 4.79 Å². The summed E-state index contributed by atoms with van der Waals surface area (Å²) in [6.45, 7) is 2.73. The maximum absolute atomic E-state index is 12.6. The second-order valence-corrected chi connectivity index (χ2v) is 7.64. The van der Waals surface area contributed by atoms with Gasteiger partial charge in [-0.05, 0) is 41.7 Å². The summed E-state index contributed by atoms with van der Waals surface area (Å²) in [5.41, 5.74) is 3.93. The first-order chi connectivity index (χ1) is 13.3. The van der Waals surface area contributed by atoms with E-state index in [0.29, 0.717) is 25.7 Å². The first-order valence-corrected chi connectivity index (χ1v) is 9.74. The van der Waals surface area contributed by atoms with Crippen molar-refractivity contribution in [2.75, 3.05) is 19.8 Å². The number of carbonyl (C=O) groups excluding carboxylic acids is 1. The Morgan fingerprint density at radius 2 is 1.70 bits per heavy atom. The van der Waals surface area contributed by atoms with Gasteiger partial charge in [-0.25, -0.2) is 0 Å². The summed E-state index contributed by atoms with van der Waals surface area (Å²) in [5, 5.41) is 3.55. The minimum absolute atomic E-state index is 0.203. The lowest BCUT2D eigenvalue weighted by Crippen LogP contribution is -2.39. The molecule has 0 spiro atoms. The van der Waals surface area contributed by atoms with E-state index in [4.69, 9.17) is 9.47 Å². The van der Waals surface area contributed by atoms with E-state index >= 15 is 0 Å². The maximum atomic E-state index is 12.6. The third-order valence-electron chi connectivity index (χ3n) is 5.83. The summed E-state index contributed by atoms with van der Waals surface area (Å²) in [6.07, 6.45) is 2.55. The van der Waals surface area contributed by atoms with Gasteiger partial charge in [0.2, 0.25) is 5.91 Å². The molecular weight excluding hydrogens is 340 g/mol. The SMILES string of the molecule is O=C1CC(NCc2ccc3c(c2)OCCO3)CN1C1Cc2ccccc2C1. The summed E-state index contributed by atoms with van der Waals surface area (Å²) >= 11 is 0. The van der Waals surface area contributed by atoms with E-state index in [-0.39, 0.29) is 11.9 Å². The van der Waals surface area contributed by atoms with Crippen molar-refractivity contribution in [2.24, 2.45) is 0 Å². The van der Waals surface area contributed by atoms with Crippen molar-refractivity contribution in [3.05, 3.63) is 59.2 Å². The Kier molecular flexibility index (Phi) is 4.24. The molecule has 27 heavy (non-hydrogen) atoms. The highest BCUT2D eigenvalue weighted by Gasteiger charge is 2.36. The van der Waals surface area contributed by atoms with E-state index in [1.807, 2.05) is 12.1 Å². The Hall–Kier alpha value is -2.53. The molecule has 1 N–H and O–H groups in total. The zero-order valence-electron chi connectivity index (χ0n) is 15.3.